The summed E-state index contributed by atoms with van der Waals surface area (Å²) in [4.78, 5) is 0. The van der Waals surface area contributed by atoms with Crippen molar-refractivity contribution in [3.63, 3.8) is 0 Å². The lowest BCUT2D eigenvalue weighted by atomic mass is 10.1. The second kappa shape index (κ2) is 7.04. The van der Waals surface area contributed by atoms with Crippen LogP contribution in [0.5, 0.6) is 5.75 Å². The maximum Gasteiger partial charge on any atom is 0.387 e. The van der Waals surface area contributed by atoms with Gasteiger partial charge in [-0.1, -0.05) is 30.2 Å². The Morgan fingerprint density at radius 1 is 1.50 bits per heavy atom. The van der Waals surface area contributed by atoms with Crippen molar-refractivity contribution in [3.8, 4) is 5.75 Å². The molecule has 0 radical (unpaired) electrons. The molecule has 1 N–H and O–H groups in total. The van der Waals surface area contributed by atoms with Crippen LogP contribution in [-0.2, 0) is 0 Å². The normalized spacial score (nSPS) is 15.8. The Bertz CT molecular complexity index is 487. The number of hydrogen-bond donors (Lipinski definition) is 1. The summed E-state index contributed by atoms with van der Waals surface area (Å²) in [5.41, 5.74) is 1.73. The van der Waals surface area contributed by atoms with Crippen molar-refractivity contribution >= 4 is 17.7 Å². The van der Waals surface area contributed by atoms with Crippen LogP contribution in [0.15, 0.2) is 23.8 Å². The van der Waals surface area contributed by atoms with Crippen molar-refractivity contribution < 1.29 is 13.5 Å². The topological polar surface area (TPSA) is 21.3 Å². The SMILES string of the molecule is CCC(=Cc1cc(Cl)ccc1OC(F)F)CNC1CC1. The summed E-state index contributed by atoms with van der Waals surface area (Å²) in [7, 11) is 0. The number of rotatable bonds is 7. The minimum Gasteiger partial charge on any atom is -0.434 e. The molecule has 0 amide bonds. The lowest BCUT2D eigenvalue weighted by Gasteiger charge is -2.11. The Morgan fingerprint density at radius 3 is 2.85 bits per heavy atom. The van der Waals surface area contributed by atoms with Gasteiger partial charge in [-0.15, -0.1) is 0 Å². The molecule has 0 atom stereocenters. The molecule has 1 aliphatic rings. The molecule has 1 saturated carbocycles. The van der Waals surface area contributed by atoms with Crippen LogP contribution in [0.4, 0.5) is 8.78 Å². The molecule has 20 heavy (non-hydrogen) atoms. The van der Waals surface area contributed by atoms with Gasteiger partial charge in [0.05, 0.1) is 0 Å². The molecule has 0 heterocycles. The van der Waals surface area contributed by atoms with E-state index in [9.17, 15) is 8.78 Å². The summed E-state index contributed by atoms with van der Waals surface area (Å²) >= 11 is 5.93. The van der Waals surface area contributed by atoms with Gasteiger partial charge in [-0.05, 0) is 37.5 Å². The summed E-state index contributed by atoms with van der Waals surface area (Å²) in [5.74, 6) is 0.154. The van der Waals surface area contributed by atoms with E-state index in [-0.39, 0.29) is 5.75 Å². The molecule has 0 unspecified atom stereocenters. The zero-order valence-corrected chi connectivity index (χ0v) is 12.1. The maximum atomic E-state index is 12.4. The van der Waals surface area contributed by atoms with Crippen molar-refractivity contribution in [3.05, 3.63) is 34.4 Å². The average molecular weight is 302 g/mol. The van der Waals surface area contributed by atoms with E-state index in [2.05, 4.69) is 10.1 Å². The van der Waals surface area contributed by atoms with Crippen molar-refractivity contribution in [2.75, 3.05) is 6.54 Å². The molecule has 0 saturated heterocycles. The maximum absolute atomic E-state index is 12.4. The largest absolute Gasteiger partial charge is 0.434 e. The van der Waals surface area contributed by atoms with Crippen LogP contribution in [-0.4, -0.2) is 19.2 Å². The van der Waals surface area contributed by atoms with E-state index >= 15 is 0 Å². The summed E-state index contributed by atoms with van der Waals surface area (Å²) in [5, 5.41) is 3.92. The highest BCUT2D eigenvalue weighted by Gasteiger charge is 2.20. The van der Waals surface area contributed by atoms with Crippen LogP contribution < -0.4 is 10.1 Å². The third-order valence-corrected chi connectivity index (χ3v) is 3.43. The molecular weight excluding hydrogens is 284 g/mol. The molecule has 0 aliphatic heterocycles. The van der Waals surface area contributed by atoms with Gasteiger partial charge in [0.2, 0.25) is 0 Å². The van der Waals surface area contributed by atoms with Crippen molar-refractivity contribution in [2.24, 2.45) is 0 Å². The first kappa shape index (κ1) is 15.3. The summed E-state index contributed by atoms with van der Waals surface area (Å²) in [6, 6.07) is 5.28. The standard InChI is InChI=1S/C15H18ClF2NO/c1-2-10(9-19-13-4-5-13)7-11-8-12(16)3-6-14(11)20-15(17)18/h3,6-8,13,15,19H,2,4-5,9H2,1H3. The smallest absolute Gasteiger partial charge is 0.387 e. The fourth-order valence-electron chi connectivity index (χ4n) is 1.90. The summed E-state index contributed by atoms with van der Waals surface area (Å²) in [6.45, 7) is -0.0292. The lowest BCUT2D eigenvalue weighted by Crippen LogP contribution is -2.19. The molecule has 0 aromatic heterocycles. The zero-order valence-electron chi connectivity index (χ0n) is 11.3. The van der Waals surface area contributed by atoms with Gasteiger partial charge in [0.1, 0.15) is 5.75 Å². The second-order valence-corrected chi connectivity index (χ2v) is 5.31. The van der Waals surface area contributed by atoms with Crippen LogP contribution in [0.2, 0.25) is 5.02 Å². The minimum absolute atomic E-state index is 0.154. The summed E-state index contributed by atoms with van der Waals surface area (Å²) < 4.78 is 29.3. The van der Waals surface area contributed by atoms with Crippen LogP contribution >= 0.6 is 11.6 Å². The van der Waals surface area contributed by atoms with Gasteiger partial charge in [-0.2, -0.15) is 8.78 Å². The first-order chi connectivity index (χ1) is 9.58. The second-order valence-electron chi connectivity index (χ2n) is 4.87. The van der Waals surface area contributed by atoms with E-state index in [1.54, 1.807) is 12.1 Å². The van der Waals surface area contributed by atoms with E-state index in [0.717, 1.165) is 18.5 Å². The molecule has 1 aromatic rings. The highest BCUT2D eigenvalue weighted by Crippen LogP contribution is 2.27. The number of halogens is 3. The monoisotopic (exact) mass is 301 g/mol. The quantitative estimate of drug-likeness (QED) is 0.801. The third-order valence-electron chi connectivity index (χ3n) is 3.20. The lowest BCUT2D eigenvalue weighted by molar-refractivity contribution is -0.0499. The van der Waals surface area contributed by atoms with E-state index < -0.39 is 6.61 Å². The molecule has 2 nitrogen and oxygen atoms in total. The Kier molecular flexibility index (Phi) is 5.38. The number of ether oxygens (including phenoxy) is 1. The number of hydrogen-bond acceptors (Lipinski definition) is 2. The van der Waals surface area contributed by atoms with Gasteiger partial charge in [0, 0.05) is 23.2 Å². The predicted molar refractivity (Wildman–Crippen MR) is 77.4 cm³/mol. The van der Waals surface area contributed by atoms with E-state index in [1.165, 1.54) is 18.9 Å². The predicted octanol–water partition coefficient (Wildman–Crippen LogP) is 4.49. The van der Waals surface area contributed by atoms with Crippen LogP contribution in [0.1, 0.15) is 31.7 Å². The highest BCUT2D eigenvalue weighted by molar-refractivity contribution is 6.30. The van der Waals surface area contributed by atoms with Crippen LogP contribution in [0, 0.1) is 0 Å². The fraction of sp³-hybridized carbons (Fsp3) is 0.467. The first-order valence-electron chi connectivity index (χ1n) is 6.75. The number of alkyl halides is 2. The zero-order chi connectivity index (χ0) is 14.5. The summed E-state index contributed by atoms with van der Waals surface area (Å²) in [6.07, 6.45) is 5.15. The van der Waals surface area contributed by atoms with E-state index in [4.69, 9.17) is 11.6 Å². The number of benzene rings is 1. The molecule has 1 aromatic carbocycles. The van der Waals surface area contributed by atoms with Gasteiger partial charge in [0.25, 0.3) is 0 Å². The van der Waals surface area contributed by atoms with E-state index in [1.807, 2.05) is 13.0 Å². The molecule has 110 valence electrons. The Balaban J connectivity index is 2.16. The third kappa shape index (κ3) is 4.76. The fourth-order valence-corrected chi connectivity index (χ4v) is 2.08. The average Bonchev–Trinajstić information content (AvgIpc) is 3.21. The minimum atomic E-state index is -2.84. The number of nitrogens with one attached hydrogen (secondary N) is 1. The van der Waals surface area contributed by atoms with Crippen LogP contribution in [0.3, 0.4) is 0 Å². The molecule has 1 fully saturated rings. The molecule has 2 rings (SSSR count). The highest BCUT2D eigenvalue weighted by atomic mass is 35.5. The Hall–Kier alpha value is -1.13. The molecule has 0 spiro atoms. The van der Waals surface area contributed by atoms with Crippen molar-refractivity contribution in [2.45, 2.75) is 38.8 Å². The van der Waals surface area contributed by atoms with Crippen LogP contribution in [0.25, 0.3) is 6.08 Å². The molecule has 0 bridgehead atoms. The molecular formula is C15H18ClF2NO. The van der Waals surface area contributed by atoms with Gasteiger partial charge in [-0.3, -0.25) is 0 Å². The van der Waals surface area contributed by atoms with Gasteiger partial charge in [0.15, 0.2) is 0 Å². The first-order valence-corrected chi connectivity index (χ1v) is 7.13. The molecule has 1 aliphatic carbocycles. The Morgan fingerprint density at radius 2 is 2.25 bits per heavy atom. The van der Waals surface area contributed by atoms with Gasteiger partial charge < -0.3 is 10.1 Å². The Labute approximate surface area is 122 Å². The van der Waals surface area contributed by atoms with Gasteiger partial charge in [-0.25, -0.2) is 0 Å². The van der Waals surface area contributed by atoms with Crippen molar-refractivity contribution in [1.82, 2.24) is 5.32 Å². The molecule has 5 heteroatoms. The van der Waals surface area contributed by atoms with Gasteiger partial charge >= 0.3 is 6.61 Å². The van der Waals surface area contributed by atoms with E-state index in [0.29, 0.717) is 16.6 Å². The van der Waals surface area contributed by atoms with Crippen molar-refractivity contribution in [1.29, 1.82) is 0 Å².